The molecule has 0 saturated carbocycles. The van der Waals surface area contributed by atoms with Crippen LogP contribution in [0.25, 0.3) is 0 Å². The Labute approximate surface area is 126 Å². The molecule has 0 amide bonds. The molecule has 3 heteroatoms. The summed E-state index contributed by atoms with van der Waals surface area (Å²) in [5, 5.41) is 9.91. The second kappa shape index (κ2) is 13.4. The average molecular weight is 287 g/mol. The fraction of sp³-hybridized carbons (Fsp3) is 0.941. The smallest absolute Gasteiger partial charge is 0.0770 e. The SMILES string of the molecule is CC(C)(C)C(=O)[O-].CCCC[NH+](CCCC)CCCC. The van der Waals surface area contributed by atoms with Crippen molar-refractivity contribution in [1.82, 2.24) is 0 Å². The van der Waals surface area contributed by atoms with Crippen LogP contribution in [0.1, 0.15) is 80.1 Å². The molecule has 0 aliphatic rings. The Bertz CT molecular complexity index is 203. The van der Waals surface area contributed by atoms with E-state index in [0.29, 0.717) is 0 Å². The minimum Gasteiger partial charge on any atom is -0.550 e. The zero-order valence-electron chi connectivity index (χ0n) is 14.7. The van der Waals surface area contributed by atoms with Gasteiger partial charge in [-0.2, -0.15) is 0 Å². The number of unbranched alkanes of at least 4 members (excludes halogenated alkanes) is 3. The molecule has 0 aromatic rings. The normalized spacial score (nSPS) is 11.2. The Kier molecular flexibility index (Phi) is 14.6. The Hall–Kier alpha value is -0.570. The second-order valence-electron chi connectivity index (χ2n) is 6.60. The molecule has 0 atom stereocenters. The first-order chi connectivity index (χ1) is 9.29. The highest BCUT2D eigenvalue weighted by Crippen LogP contribution is 2.09. The van der Waals surface area contributed by atoms with Crippen LogP contribution >= 0.6 is 0 Å². The third kappa shape index (κ3) is 15.5. The van der Waals surface area contributed by atoms with E-state index in [9.17, 15) is 9.90 Å². The highest BCUT2D eigenvalue weighted by Gasteiger charge is 2.09. The molecule has 0 radical (unpaired) electrons. The summed E-state index contributed by atoms with van der Waals surface area (Å²) < 4.78 is 0. The van der Waals surface area contributed by atoms with E-state index in [2.05, 4.69) is 20.8 Å². The molecule has 0 spiro atoms. The van der Waals surface area contributed by atoms with Crippen LogP contribution < -0.4 is 10.0 Å². The molecular weight excluding hydrogens is 250 g/mol. The monoisotopic (exact) mass is 287 g/mol. The molecule has 0 aromatic heterocycles. The van der Waals surface area contributed by atoms with Crippen LogP contribution in [0.15, 0.2) is 0 Å². The molecule has 0 unspecified atom stereocenters. The lowest BCUT2D eigenvalue weighted by Gasteiger charge is -2.18. The zero-order valence-corrected chi connectivity index (χ0v) is 14.7. The average Bonchev–Trinajstić information content (AvgIpc) is 2.37. The molecule has 0 aliphatic carbocycles. The predicted molar refractivity (Wildman–Crippen MR) is 84.7 cm³/mol. The number of aliphatic carboxylic acids is 1. The number of hydrogen-bond acceptors (Lipinski definition) is 2. The minimum absolute atomic E-state index is 0.694. The predicted octanol–water partition coefficient (Wildman–Crippen LogP) is 2.05. The minimum atomic E-state index is -1.01. The third-order valence-corrected chi connectivity index (χ3v) is 3.26. The molecule has 20 heavy (non-hydrogen) atoms. The van der Waals surface area contributed by atoms with Gasteiger partial charge in [-0.15, -0.1) is 0 Å². The van der Waals surface area contributed by atoms with Gasteiger partial charge < -0.3 is 14.8 Å². The summed E-state index contributed by atoms with van der Waals surface area (Å²) in [6.45, 7) is 15.9. The number of carboxylic acids is 1. The lowest BCUT2D eigenvalue weighted by molar-refractivity contribution is -0.900. The van der Waals surface area contributed by atoms with E-state index in [0.717, 1.165) is 0 Å². The summed E-state index contributed by atoms with van der Waals surface area (Å²) in [5.41, 5.74) is -0.694. The van der Waals surface area contributed by atoms with Crippen molar-refractivity contribution < 1.29 is 14.8 Å². The van der Waals surface area contributed by atoms with E-state index in [4.69, 9.17) is 0 Å². The fourth-order valence-corrected chi connectivity index (χ4v) is 1.66. The van der Waals surface area contributed by atoms with Crippen molar-refractivity contribution in [2.24, 2.45) is 5.41 Å². The van der Waals surface area contributed by atoms with Crippen LogP contribution in [0, 0.1) is 5.41 Å². The fourth-order valence-electron chi connectivity index (χ4n) is 1.66. The van der Waals surface area contributed by atoms with E-state index in [1.807, 2.05) is 4.90 Å². The van der Waals surface area contributed by atoms with Gasteiger partial charge in [0.1, 0.15) is 0 Å². The first-order valence-electron chi connectivity index (χ1n) is 8.34. The van der Waals surface area contributed by atoms with Gasteiger partial charge in [-0.1, -0.05) is 60.8 Å². The number of nitrogens with one attached hydrogen (secondary N) is 1. The number of quaternary nitrogens is 1. The van der Waals surface area contributed by atoms with Gasteiger partial charge in [0.25, 0.3) is 0 Å². The topological polar surface area (TPSA) is 44.6 Å². The molecule has 0 rings (SSSR count). The van der Waals surface area contributed by atoms with E-state index in [1.54, 1.807) is 20.8 Å². The van der Waals surface area contributed by atoms with Crippen molar-refractivity contribution in [3.8, 4) is 0 Å². The Morgan fingerprint density at radius 3 is 1.25 bits per heavy atom. The standard InChI is InChI=1S/C12H27N.C5H10O2/c1-4-7-10-13(11-8-5-2)12-9-6-3;1-5(2,3)4(6)7/h4-12H2,1-3H3;1-3H3,(H,6,7). The maximum atomic E-state index is 9.91. The maximum Gasteiger partial charge on any atom is 0.0770 e. The van der Waals surface area contributed by atoms with Crippen LogP contribution in [-0.2, 0) is 4.79 Å². The number of carboxylic acid groups (broad SMARTS) is 1. The van der Waals surface area contributed by atoms with Gasteiger partial charge in [-0.3, -0.25) is 0 Å². The molecule has 3 nitrogen and oxygen atoms in total. The maximum absolute atomic E-state index is 9.91. The summed E-state index contributed by atoms with van der Waals surface area (Å²) in [6.07, 6.45) is 8.26. The number of carbonyl (C=O) groups is 1. The van der Waals surface area contributed by atoms with Crippen molar-refractivity contribution in [1.29, 1.82) is 0 Å². The zero-order chi connectivity index (χ0) is 16.0. The summed E-state index contributed by atoms with van der Waals surface area (Å²) >= 11 is 0. The van der Waals surface area contributed by atoms with E-state index < -0.39 is 11.4 Å². The summed E-state index contributed by atoms with van der Waals surface area (Å²) in [5.74, 6) is -1.01. The van der Waals surface area contributed by atoms with Crippen molar-refractivity contribution >= 4 is 5.97 Å². The molecule has 1 N–H and O–H groups in total. The second-order valence-corrected chi connectivity index (χ2v) is 6.60. The number of rotatable bonds is 9. The Balaban J connectivity index is 0. The molecule has 0 bridgehead atoms. The summed E-state index contributed by atoms with van der Waals surface area (Å²) in [6, 6.07) is 0. The lowest BCUT2D eigenvalue weighted by atomic mass is 9.98. The summed E-state index contributed by atoms with van der Waals surface area (Å²) in [4.78, 5) is 11.7. The van der Waals surface area contributed by atoms with Crippen molar-refractivity contribution in [3.63, 3.8) is 0 Å². The molecule has 0 aliphatic heterocycles. The quantitative estimate of drug-likeness (QED) is 0.705. The van der Waals surface area contributed by atoms with Crippen LogP contribution in [-0.4, -0.2) is 25.6 Å². The largest absolute Gasteiger partial charge is 0.550 e. The van der Waals surface area contributed by atoms with E-state index in [1.165, 1.54) is 58.2 Å². The van der Waals surface area contributed by atoms with Crippen LogP contribution in [0.5, 0.6) is 0 Å². The Morgan fingerprint density at radius 1 is 0.850 bits per heavy atom. The van der Waals surface area contributed by atoms with Crippen molar-refractivity contribution in [2.45, 2.75) is 80.1 Å². The number of hydrogen-bond donors (Lipinski definition) is 1. The van der Waals surface area contributed by atoms with Gasteiger partial charge in [0.2, 0.25) is 0 Å². The first-order valence-corrected chi connectivity index (χ1v) is 8.34. The summed E-state index contributed by atoms with van der Waals surface area (Å²) in [7, 11) is 0. The van der Waals surface area contributed by atoms with Gasteiger partial charge in [-0.25, -0.2) is 0 Å². The van der Waals surface area contributed by atoms with Gasteiger partial charge in [0.05, 0.1) is 19.6 Å². The third-order valence-electron chi connectivity index (χ3n) is 3.26. The molecule has 0 fully saturated rings. The molecule has 122 valence electrons. The highest BCUT2D eigenvalue weighted by molar-refractivity contribution is 5.70. The first kappa shape index (κ1) is 21.7. The van der Waals surface area contributed by atoms with Gasteiger partial charge in [0, 0.05) is 11.4 Å². The molecular formula is C17H37NO2. The van der Waals surface area contributed by atoms with Gasteiger partial charge >= 0.3 is 0 Å². The van der Waals surface area contributed by atoms with Gasteiger partial charge in [0.15, 0.2) is 0 Å². The van der Waals surface area contributed by atoms with Gasteiger partial charge in [-0.05, 0) is 19.3 Å². The van der Waals surface area contributed by atoms with Crippen molar-refractivity contribution in [3.05, 3.63) is 0 Å². The van der Waals surface area contributed by atoms with Crippen molar-refractivity contribution in [2.75, 3.05) is 19.6 Å². The number of carbonyl (C=O) groups excluding carboxylic acids is 1. The van der Waals surface area contributed by atoms with Crippen LogP contribution in [0.4, 0.5) is 0 Å². The highest BCUT2D eigenvalue weighted by atomic mass is 16.4. The molecule has 0 saturated heterocycles. The van der Waals surface area contributed by atoms with E-state index in [-0.39, 0.29) is 0 Å². The Morgan fingerprint density at radius 2 is 1.10 bits per heavy atom. The van der Waals surface area contributed by atoms with E-state index >= 15 is 0 Å². The molecule has 0 aromatic carbocycles. The van der Waals surface area contributed by atoms with Crippen LogP contribution in [0.2, 0.25) is 0 Å². The van der Waals surface area contributed by atoms with Crippen LogP contribution in [0.3, 0.4) is 0 Å². The molecule has 0 heterocycles. The lowest BCUT2D eigenvalue weighted by Crippen LogP contribution is -3.12.